The van der Waals surface area contributed by atoms with E-state index in [1.165, 1.54) is 12.1 Å². The van der Waals surface area contributed by atoms with Crippen molar-refractivity contribution in [3.05, 3.63) is 23.8 Å². The first-order valence-electron chi connectivity index (χ1n) is 4.12. The summed E-state index contributed by atoms with van der Waals surface area (Å²) in [5, 5.41) is 21.1. The number of ether oxygens (including phenoxy) is 1. The largest absolute Gasteiger partial charge is 0.508 e. The van der Waals surface area contributed by atoms with E-state index in [9.17, 15) is 9.90 Å². The molecule has 0 saturated carbocycles. The third-order valence-corrected chi connectivity index (χ3v) is 2.06. The Morgan fingerprint density at radius 1 is 1.43 bits per heavy atom. The molecule has 1 aromatic rings. The maximum Gasteiger partial charge on any atom is 0.407 e. The third kappa shape index (κ3) is 1.44. The van der Waals surface area contributed by atoms with Crippen molar-refractivity contribution in [2.24, 2.45) is 0 Å². The van der Waals surface area contributed by atoms with Crippen molar-refractivity contribution in [2.45, 2.75) is 6.04 Å². The van der Waals surface area contributed by atoms with Gasteiger partial charge < -0.3 is 20.3 Å². The summed E-state index contributed by atoms with van der Waals surface area (Å²) in [6.45, 7) is 0.192. The number of hydrogen-bond acceptors (Lipinski definition) is 4. The summed E-state index contributed by atoms with van der Waals surface area (Å²) in [5.74, 6) is -0.0720. The van der Waals surface area contributed by atoms with Crippen LogP contribution in [0.4, 0.5) is 4.79 Å². The second-order valence-corrected chi connectivity index (χ2v) is 3.04. The molecule has 0 aromatic heterocycles. The Kier molecular flexibility index (Phi) is 1.92. The molecule has 1 amide bonds. The number of rotatable bonds is 1. The van der Waals surface area contributed by atoms with Crippen LogP contribution in [-0.2, 0) is 4.74 Å². The SMILES string of the molecule is O=C1N[C@H](c2ccc(O)cc2O)CO1. The summed E-state index contributed by atoms with van der Waals surface area (Å²) in [6, 6.07) is 3.87. The Bertz CT molecular complexity index is 377. The topological polar surface area (TPSA) is 78.8 Å². The monoisotopic (exact) mass is 195 g/mol. The molecule has 0 bridgehead atoms. The number of hydrogen-bond donors (Lipinski definition) is 3. The van der Waals surface area contributed by atoms with Gasteiger partial charge in [0.2, 0.25) is 0 Å². The molecule has 1 saturated heterocycles. The lowest BCUT2D eigenvalue weighted by Crippen LogP contribution is -2.18. The molecule has 0 aliphatic carbocycles. The van der Waals surface area contributed by atoms with Crippen molar-refractivity contribution in [1.29, 1.82) is 0 Å². The molecular formula is C9H9NO4. The van der Waals surface area contributed by atoms with Crippen LogP contribution in [-0.4, -0.2) is 22.9 Å². The number of phenols is 2. The Morgan fingerprint density at radius 2 is 2.21 bits per heavy atom. The van der Waals surface area contributed by atoms with Crippen LogP contribution in [0, 0.1) is 0 Å². The minimum atomic E-state index is -0.498. The number of nitrogens with one attached hydrogen (secondary N) is 1. The van der Waals surface area contributed by atoms with Crippen LogP contribution < -0.4 is 5.32 Å². The predicted molar refractivity (Wildman–Crippen MR) is 47.0 cm³/mol. The molecule has 1 aliphatic heterocycles. The Morgan fingerprint density at radius 3 is 2.79 bits per heavy atom. The molecule has 1 heterocycles. The van der Waals surface area contributed by atoms with Crippen LogP contribution in [0.5, 0.6) is 11.5 Å². The van der Waals surface area contributed by atoms with E-state index in [1.807, 2.05) is 0 Å². The van der Waals surface area contributed by atoms with Crippen LogP contribution in [0.3, 0.4) is 0 Å². The molecule has 5 heteroatoms. The lowest BCUT2D eigenvalue weighted by atomic mass is 10.1. The number of amides is 1. The van der Waals surface area contributed by atoms with E-state index in [-0.39, 0.29) is 24.1 Å². The summed E-state index contributed by atoms with van der Waals surface area (Å²) in [6.07, 6.45) is -0.498. The molecule has 3 N–H and O–H groups in total. The molecule has 1 aliphatic rings. The zero-order valence-corrected chi connectivity index (χ0v) is 7.23. The van der Waals surface area contributed by atoms with Crippen molar-refractivity contribution in [1.82, 2.24) is 5.32 Å². The van der Waals surface area contributed by atoms with Crippen LogP contribution >= 0.6 is 0 Å². The number of carbonyl (C=O) groups is 1. The molecule has 74 valence electrons. The molecule has 0 unspecified atom stereocenters. The van der Waals surface area contributed by atoms with E-state index in [0.29, 0.717) is 5.56 Å². The maximum atomic E-state index is 10.7. The highest BCUT2D eigenvalue weighted by atomic mass is 16.6. The average molecular weight is 195 g/mol. The van der Waals surface area contributed by atoms with Gasteiger partial charge in [0.25, 0.3) is 0 Å². The van der Waals surface area contributed by atoms with Gasteiger partial charge in [0.15, 0.2) is 0 Å². The van der Waals surface area contributed by atoms with E-state index in [4.69, 9.17) is 5.11 Å². The standard InChI is InChI=1S/C9H9NO4/c11-5-1-2-6(8(12)3-5)7-4-14-9(13)10-7/h1-3,7,11-12H,4H2,(H,10,13)/t7-/m0/s1. The summed E-state index contributed by atoms with van der Waals surface area (Å²) < 4.78 is 4.68. The summed E-state index contributed by atoms with van der Waals surface area (Å²) in [4.78, 5) is 10.7. The number of aromatic hydroxyl groups is 2. The van der Waals surface area contributed by atoms with Gasteiger partial charge in [0.1, 0.15) is 18.1 Å². The summed E-state index contributed by atoms with van der Waals surface area (Å²) >= 11 is 0. The van der Waals surface area contributed by atoms with Crippen LogP contribution in [0.25, 0.3) is 0 Å². The van der Waals surface area contributed by atoms with Crippen LogP contribution in [0.2, 0.25) is 0 Å². The third-order valence-electron chi connectivity index (χ3n) is 2.06. The highest BCUT2D eigenvalue weighted by Gasteiger charge is 2.25. The molecule has 1 aromatic carbocycles. The van der Waals surface area contributed by atoms with Gasteiger partial charge in [-0.15, -0.1) is 0 Å². The second-order valence-electron chi connectivity index (χ2n) is 3.04. The fourth-order valence-electron chi connectivity index (χ4n) is 1.38. The first-order valence-corrected chi connectivity index (χ1v) is 4.12. The molecule has 1 atom stereocenters. The smallest absolute Gasteiger partial charge is 0.407 e. The fourth-order valence-corrected chi connectivity index (χ4v) is 1.38. The van der Waals surface area contributed by atoms with Crippen molar-refractivity contribution >= 4 is 6.09 Å². The van der Waals surface area contributed by atoms with Crippen molar-refractivity contribution in [2.75, 3.05) is 6.61 Å². The van der Waals surface area contributed by atoms with Gasteiger partial charge in [-0.2, -0.15) is 0 Å². The lowest BCUT2D eigenvalue weighted by Gasteiger charge is -2.09. The van der Waals surface area contributed by atoms with E-state index in [1.54, 1.807) is 6.07 Å². The molecule has 14 heavy (non-hydrogen) atoms. The Hall–Kier alpha value is -1.91. The number of phenolic OH excluding ortho intramolecular Hbond substituents is 2. The molecule has 2 rings (SSSR count). The number of cyclic esters (lactones) is 1. The van der Waals surface area contributed by atoms with Gasteiger partial charge in [-0.1, -0.05) is 0 Å². The summed E-state index contributed by atoms with van der Waals surface area (Å²) in [7, 11) is 0. The van der Waals surface area contributed by atoms with E-state index in [0.717, 1.165) is 0 Å². The quantitative estimate of drug-likeness (QED) is 0.621. The maximum absolute atomic E-state index is 10.7. The Labute approximate surface area is 79.9 Å². The molecule has 0 spiro atoms. The molecule has 1 fully saturated rings. The number of alkyl carbamates (subject to hydrolysis) is 1. The number of benzene rings is 1. The zero-order chi connectivity index (χ0) is 10.1. The zero-order valence-electron chi connectivity index (χ0n) is 7.23. The Balaban J connectivity index is 2.28. The van der Waals surface area contributed by atoms with E-state index >= 15 is 0 Å². The molecule has 0 radical (unpaired) electrons. The predicted octanol–water partition coefficient (Wildman–Crippen LogP) is 0.879. The van der Waals surface area contributed by atoms with E-state index < -0.39 is 6.09 Å². The highest BCUT2D eigenvalue weighted by molar-refractivity contribution is 5.70. The molecular weight excluding hydrogens is 186 g/mol. The van der Waals surface area contributed by atoms with Crippen molar-refractivity contribution < 1.29 is 19.7 Å². The van der Waals surface area contributed by atoms with Gasteiger partial charge >= 0.3 is 6.09 Å². The lowest BCUT2D eigenvalue weighted by molar-refractivity contribution is 0.176. The molecule has 5 nitrogen and oxygen atoms in total. The normalized spacial score (nSPS) is 20.3. The fraction of sp³-hybridized carbons (Fsp3) is 0.222. The first-order chi connectivity index (χ1) is 6.66. The van der Waals surface area contributed by atoms with Gasteiger partial charge in [-0.05, 0) is 12.1 Å². The second kappa shape index (κ2) is 3.10. The highest BCUT2D eigenvalue weighted by Crippen LogP contribution is 2.29. The van der Waals surface area contributed by atoms with Gasteiger partial charge in [0.05, 0.1) is 6.04 Å². The number of carbonyl (C=O) groups excluding carboxylic acids is 1. The van der Waals surface area contributed by atoms with Gasteiger partial charge in [0, 0.05) is 11.6 Å². The van der Waals surface area contributed by atoms with E-state index in [2.05, 4.69) is 10.1 Å². The van der Waals surface area contributed by atoms with Gasteiger partial charge in [-0.3, -0.25) is 0 Å². The first kappa shape index (κ1) is 8.68. The van der Waals surface area contributed by atoms with Crippen molar-refractivity contribution in [3.8, 4) is 11.5 Å². The summed E-state index contributed by atoms with van der Waals surface area (Å²) in [5.41, 5.74) is 0.536. The minimum absolute atomic E-state index is 0.0171. The minimum Gasteiger partial charge on any atom is -0.508 e. The van der Waals surface area contributed by atoms with Crippen LogP contribution in [0.15, 0.2) is 18.2 Å². The van der Waals surface area contributed by atoms with Crippen LogP contribution in [0.1, 0.15) is 11.6 Å². The average Bonchev–Trinajstić information content (AvgIpc) is 2.51. The van der Waals surface area contributed by atoms with Crippen molar-refractivity contribution in [3.63, 3.8) is 0 Å². The van der Waals surface area contributed by atoms with Gasteiger partial charge in [-0.25, -0.2) is 4.79 Å².